The quantitative estimate of drug-likeness (QED) is 0.497. The molecule has 8 heteroatoms. The van der Waals surface area contributed by atoms with Crippen molar-refractivity contribution in [3.63, 3.8) is 0 Å². The standard InChI is InChI=1S/C22H21Cl2N3O3/c1-13-9-15(23)10-14(2)21(13)29-12-20(28)27(16-7-8-16)11-19-25-26-22(30-19)17-5-3-4-6-18(17)24/h3-6,9-10,16H,7-8,11-12H2,1-2H3. The van der Waals surface area contributed by atoms with Gasteiger partial charge in [0.05, 0.1) is 17.1 Å². The Bertz CT molecular complexity index is 1060. The highest BCUT2D eigenvalue weighted by Crippen LogP contribution is 2.31. The number of aryl methyl sites for hydroxylation is 2. The molecule has 1 amide bonds. The first-order valence-corrected chi connectivity index (χ1v) is 10.4. The summed E-state index contributed by atoms with van der Waals surface area (Å²) in [6, 6.07) is 11.1. The van der Waals surface area contributed by atoms with E-state index in [0.717, 1.165) is 24.0 Å². The summed E-state index contributed by atoms with van der Waals surface area (Å²) in [4.78, 5) is 14.6. The zero-order valence-electron chi connectivity index (χ0n) is 16.7. The Morgan fingerprint density at radius 1 is 1.17 bits per heavy atom. The Hall–Kier alpha value is -2.57. The number of nitrogens with zero attached hydrogens (tertiary/aromatic N) is 3. The van der Waals surface area contributed by atoms with Gasteiger partial charge in [-0.3, -0.25) is 4.79 Å². The summed E-state index contributed by atoms with van der Waals surface area (Å²) in [7, 11) is 0. The van der Waals surface area contributed by atoms with Gasteiger partial charge in [-0.1, -0.05) is 35.3 Å². The second-order valence-corrected chi connectivity index (χ2v) is 8.23. The molecule has 4 rings (SSSR count). The van der Waals surface area contributed by atoms with E-state index in [1.54, 1.807) is 11.0 Å². The molecule has 0 bridgehead atoms. The van der Waals surface area contributed by atoms with Gasteiger partial charge in [0.2, 0.25) is 11.8 Å². The summed E-state index contributed by atoms with van der Waals surface area (Å²) in [6.07, 6.45) is 1.91. The molecule has 0 saturated heterocycles. The van der Waals surface area contributed by atoms with Crippen LogP contribution in [-0.2, 0) is 11.3 Å². The van der Waals surface area contributed by atoms with Crippen molar-refractivity contribution in [2.24, 2.45) is 0 Å². The van der Waals surface area contributed by atoms with Gasteiger partial charge < -0.3 is 14.1 Å². The van der Waals surface area contributed by atoms with Crippen LogP contribution in [0.25, 0.3) is 11.5 Å². The molecule has 30 heavy (non-hydrogen) atoms. The maximum absolute atomic E-state index is 12.9. The lowest BCUT2D eigenvalue weighted by molar-refractivity contribution is -0.134. The number of halogens is 2. The van der Waals surface area contributed by atoms with Crippen LogP contribution in [0.5, 0.6) is 5.75 Å². The van der Waals surface area contributed by atoms with Crippen LogP contribution in [0, 0.1) is 13.8 Å². The first-order chi connectivity index (χ1) is 14.4. The number of aromatic nitrogens is 2. The second-order valence-electron chi connectivity index (χ2n) is 7.39. The topological polar surface area (TPSA) is 68.5 Å². The van der Waals surface area contributed by atoms with E-state index in [1.807, 2.05) is 44.2 Å². The predicted molar refractivity (Wildman–Crippen MR) is 115 cm³/mol. The van der Waals surface area contributed by atoms with Gasteiger partial charge in [-0.05, 0) is 62.1 Å². The lowest BCUT2D eigenvalue weighted by atomic mass is 10.1. The van der Waals surface area contributed by atoms with Gasteiger partial charge in [0.15, 0.2) is 6.61 Å². The molecule has 0 radical (unpaired) electrons. The fourth-order valence-electron chi connectivity index (χ4n) is 3.36. The SMILES string of the molecule is Cc1cc(Cl)cc(C)c1OCC(=O)N(Cc1nnc(-c2ccccc2Cl)o1)C1CC1. The number of hydrogen-bond donors (Lipinski definition) is 0. The number of hydrogen-bond acceptors (Lipinski definition) is 5. The summed E-state index contributed by atoms with van der Waals surface area (Å²) in [5.74, 6) is 1.26. The molecule has 0 unspecified atom stereocenters. The van der Waals surface area contributed by atoms with E-state index in [2.05, 4.69) is 10.2 Å². The Balaban J connectivity index is 1.45. The highest BCUT2D eigenvalue weighted by atomic mass is 35.5. The van der Waals surface area contributed by atoms with E-state index >= 15 is 0 Å². The molecule has 3 aromatic rings. The van der Waals surface area contributed by atoms with Crippen LogP contribution in [0.1, 0.15) is 29.9 Å². The summed E-state index contributed by atoms with van der Waals surface area (Å²) >= 11 is 12.3. The average Bonchev–Trinajstić information content (AvgIpc) is 3.43. The Morgan fingerprint density at radius 3 is 2.53 bits per heavy atom. The van der Waals surface area contributed by atoms with E-state index in [1.165, 1.54) is 0 Å². The zero-order valence-corrected chi connectivity index (χ0v) is 18.2. The van der Waals surface area contributed by atoms with Crippen LogP contribution >= 0.6 is 23.2 Å². The smallest absolute Gasteiger partial charge is 0.261 e. The molecular formula is C22H21Cl2N3O3. The van der Waals surface area contributed by atoms with E-state index in [0.29, 0.717) is 33.1 Å². The Morgan fingerprint density at radius 2 is 1.87 bits per heavy atom. The third-order valence-corrected chi connectivity index (χ3v) is 5.50. The molecule has 1 fully saturated rings. The van der Waals surface area contributed by atoms with E-state index < -0.39 is 0 Å². The second kappa shape index (κ2) is 8.66. The number of rotatable bonds is 7. The minimum atomic E-state index is -0.122. The molecule has 1 aliphatic carbocycles. The van der Waals surface area contributed by atoms with Crippen molar-refractivity contribution in [2.45, 2.75) is 39.3 Å². The van der Waals surface area contributed by atoms with Crippen molar-refractivity contribution in [3.05, 3.63) is 63.5 Å². The molecule has 1 saturated carbocycles. The zero-order chi connectivity index (χ0) is 21.3. The minimum absolute atomic E-state index is 0.0642. The van der Waals surface area contributed by atoms with E-state index in [9.17, 15) is 4.79 Å². The van der Waals surface area contributed by atoms with E-state index in [4.69, 9.17) is 32.4 Å². The van der Waals surface area contributed by atoms with Crippen molar-refractivity contribution in [2.75, 3.05) is 6.61 Å². The van der Waals surface area contributed by atoms with Gasteiger partial charge in [0.1, 0.15) is 5.75 Å². The van der Waals surface area contributed by atoms with Gasteiger partial charge >= 0.3 is 0 Å². The molecule has 1 heterocycles. The summed E-state index contributed by atoms with van der Waals surface area (Å²) in [5, 5.41) is 9.36. The van der Waals surface area contributed by atoms with Crippen LogP contribution in [-0.4, -0.2) is 33.7 Å². The minimum Gasteiger partial charge on any atom is -0.483 e. The van der Waals surface area contributed by atoms with Crippen LogP contribution < -0.4 is 4.74 Å². The molecule has 0 aliphatic heterocycles. The first kappa shape index (κ1) is 20.7. The van der Waals surface area contributed by atoms with E-state index in [-0.39, 0.29) is 25.1 Å². The molecule has 0 N–H and O–H groups in total. The number of benzene rings is 2. The van der Waals surface area contributed by atoms with Crippen molar-refractivity contribution in [3.8, 4) is 17.2 Å². The highest BCUT2D eigenvalue weighted by molar-refractivity contribution is 6.33. The number of ether oxygens (including phenoxy) is 1. The number of amides is 1. The fourth-order valence-corrected chi connectivity index (χ4v) is 3.90. The third kappa shape index (κ3) is 4.60. The van der Waals surface area contributed by atoms with Gasteiger partial charge in [0.25, 0.3) is 5.91 Å². The predicted octanol–water partition coefficient (Wildman–Crippen LogP) is 5.23. The van der Waals surface area contributed by atoms with Crippen molar-refractivity contribution < 1.29 is 13.9 Å². The Kier molecular flexibility index (Phi) is 5.97. The number of carbonyl (C=O) groups is 1. The maximum Gasteiger partial charge on any atom is 0.261 e. The molecule has 0 spiro atoms. The molecular weight excluding hydrogens is 425 g/mol. The third-order valence-electron chi connectivity index (χ3n) is 4.95. The molecule has 2 aromatic carbocycles. The molecule has 0 atom stereocenters. The molecule has 6 nitrogen and oxygen atoms in total. The lowest BCUT2D eigenvalue weighted by Gasteiger charge is -2.21. The van der Waals surface area contributed by atoms with Gasteiger partial charge in [-0.25, -0.2) is 0 Å². The number of carbonyl (C=O) groups excluding carboxylic acids is 1. The molecule has 156 valence electrons. The van der Waals surface area contributed by atoms with Gasteiger partial charge in [0, 0.05) is 11.1 Å². The Labute approximate surface area is 184 Å². The fraction of sp³-hybridized carbons (Fsp3) is 0.318. The summed E-state index contributed by atoms with van der Waals surface area (Å²) in [6.45, 7) is 3.99. The largest absolute Gasteiger partial charge is 0.483 e. The van der Waals surface area contributed by atoms with Gasteiger partial charge in [-0.15, -0.1) is 10.2 Å². The van der Waals surface area contributed by atoms with Crippen molar-refractivity contribution in [1.29, 1.82) is 0 Å². The summed E-state index contributed by atoms with van der Waals surface area (Å²) < 4.78 is 11.6. The maximum atomic E-state index is 12.9. The lowest BCUT2D eigenvalue weighted by Crippen LogP contribution is -2.36. The molecule has 1 aliphatic rings. The molecule has 1 aromatic heterocycles. The monoisotopic (exact) mass is 445 g/mol. The normalized spacial score (nSPS) is 13.3. The van der Waals surface area contributed by atoms with Crippen LogP contribution in [0.4, 0.5) is 0 Å². The van der Waals surface area contributed by atoms with Crippen molar-refractivity contribution in [1.82, 2.24) is 15.1 Å². The first-order valence-electron chi connectivity index (χ1n) is 9.68. The summed E-state index contributed by atoms with van der Waals surface area (Å²) in [5.41, 5.74) is 2.46. The van der Waals surface area contributed by atoms with Crippen molar-refractivity contribution >= 4 is 29.1 Å². The van der Waals surface area contributed by atoms with Crippen LogP contribution in [0.15, 0.2) is 40.8 Å². The van der Waals surface area contributed by atoms with Crippen LogP contribution in [0.2, 0.25) is 10.0 Å². The van der Waals surface area contributed by atoms with Crippen LogP contribution in [0.3, 0.4) is 0 Å². The highest BCUT2D eigenvalue weighted by Gasteiger charge is 2.34. The average molecular weight is 446 g/mol. The van der Waals surface area contributed by atoms with Gasteiger partial charge in [-0.2, -0.15) is 0 Å².